The maximum atomic E-state index is 11.5. The van der Waals surface area contributed by atoms with Crippen molar-refractivity contribution in [1.29, 1.82) is 0 Å². The molecule has 1 amide bonds. The fourth-order valence-corrected chi connectivity index (χ4v) is 1.84. The standard InChI is InChI=1S/C11H10BrN3O/c12-9-6-14-15(7-9)10(11(13)16)8-4-2-1-3-5-8/h1-7,10H,(H2,13,16). The molecule has 4 nitrogen and oxygen atoms in total. The zero-order chi connectivity index (χ0) is 11.5. The van der Waals surface area contributed by atoms with Crippen molar-refractivity contribution < 1.29 is 4.79 Å². The number of amides is 1. The Balaban J connectivity index is 2.43. The first kappa shape index (κ1) is 10.9. The molecule has 2 aromatic rings. The normalized spacial score (nSPS) is 12.3. The number of benzene rings is 1. The van der Waals surface area contributed by atoms with Crippen LogP contribution in [0.5, 0.6) is 0 Å². The van der Waals surface area contributed by atoms with Crippen molar-refractivity contribution in [3.63, 3.8) is 0 Å². The van der Waals surface area contributed by atoms with Gasteiger partial charge in [0, 0.05) is 6.20 Å². The quantitative estimate of drug-likeness (QED) is 0.930. The highest BCUT2D eigenvalue weighted by atomic mass is 79.9. The number of carbonyl (C=O) groups excluding carboxylic acids is 1. The van der Waals surface area contributed by atoms with E-state index in [0.29, 0.717) is 0 Å². The number of hydrogen-bond acceptors (Lipinski definition) is 2. The lowest BCUT2D eigenvalue weighted by atomic mass is 10.1. The summed E-state index contributed by atoms with van der Waals surface area (Å²) in [7, 11) is 0. The molecule has 0 spiro atoms. The van der Waals surface area contributed by atoms with E-state index in [-0.39, 0.29) is 0 Å². The van der Waals surface area contributed by atoms with E-state index in [2.05, 4.69) is 21.0 Å². The van der Waals surface area contributed by atoms with Gasteiger partial charge in [-0.3, -0.25) is 9.48 Å². The van der Waals surface area contributed by atoms with Gasteiger partial charge in [-0.1, -0.05) is 30.3 Å². The third kappa shape index (κ3) is 2.14. The largest absolute Gasteiger partial charge is 0.368 e. The molecule has 1 aromatic carbocycles. The lowest BCUT2D eigenvalue weighted by Gasteiger charge is -2.13. The number of nitrogens with two attached hydrogens (primary N) is 1. The van der Waals surface area contributed by atoms with Crippen LogP contribution in [0.25, 0.3) is 0 Å². The highest BCUT2D eigenvalue weighted by Crippen LogP contribution is 2.19. The minimum absolute atomic E-state index is 0.429. The molecule has 1 aromatic heterocycles. The molecule has 0 aliphatic heterocycles. The SMILES string of the molecule is NC(=O)C(c1ccccc1)n1cc(Br)cn1. The molecule has 1 heterocycles. The third-order valence-corrected chi connectivity index (χ3v) is 2.63. The molecule has 0 aliphatic carbocycles. The van der Waals surface area contributed by atoms with Crippen molar-refractivity contribution in [1.82, 2.24) is 9.78 Å². The Hall–Kier alpha value is -1.62. The summed E-state index contributed by atoms with van der Waals surface area (Å²) in [5, 5.41) is 4.08. The van der Waals surface area contributed by atoms with Crippen molar-refractivity contribution in [3.8, 4) is 0 Å². The number of nitrogens with zero attached hydrogens (tertiary/aromatic N) is 2. The first-order valence-electron chi connectivity index (χ1n) is 4.72. The van der Waals surface area contributed by atoms with E-state index >= 15 is 0 Å². The molecule has 16 heavy (non-hydrogen) atoms. The molecule has 0 radical (unpaired) electrons. The van der Waals surface area contributed by atoms with E-state index in [1.807, 2.05) is 30.3 Å². The number of halogens is 1. The summed E-state index contributed by atoms with van der Waals surface area (Å²) < 4.78 is 2.36. The highest BCUT2D eigenvalue weighted by molar-refractivity contribution is 9.10. The first-order chi connectivity index (χ1) is 7.68. The van der Waals surface area contributed by atoms with E-state index in [0.717, 1.165) is 10.0 Å². The minimum Gasteiger partial charge on any atom is -0.368 e. The van der Waals surface area contributed by atoms with Gasteiger partial charge in [-0.2, -0.15) is 5.10 Å². The topological polar surface area (TPSA) is 60.9 Å². The highest BCUT2D eigenvalue weighted by Gasteiger charge is 2.20. The molecule has 0 fully saturated rings. The Kier molecular flexibility index (Phi) is 3.05. The number of aromatic nitrogens is 2. The summed E-state index contributed by atoms with van der Waals surface area (Å²) in [6.45, 7) is 0. The van der Waals surface area contributed by atoms with Crippen molar-refractivity contribution in [2.75, 3.05) is 0 Å². The Morgan fingerprint density at radius 1 is 1.38 bits per heavy atom. The van der Waals surface area contributed by atoms with Crippen LogP contribution in [0.3, 0.4) is 0 Å². The summed E-state index contributed by atoms with van der Waals surface area (Å²) in [5.41, 5.74) is 6.22. The van der Waals surface area contributed by atoms with Gasteiger partial charge < -0.3 is 5.73 Å². The van der Waals surface area contributed by atoms with Crippen LogP contribution >= 0.6 is 15.9 Å². The Bertz CT molecular complexity index is 495. The van der Waals surface area contributed by atoms with Gasteiger partial charge in [0.05, 0.1) is 10.7 Å². The lowest BCUT2D eigenvalue weighted by molar-refractivity contribution is -0.120. The predicted octanol–water partition coefficient (Wildman–Crippen LogP) is 1.72. The molecule has 0 saturated heterocycles. The van der Waals surface area contributed by atoms with Gasteiger partial charge in [-0.05, 0) is 21.5 Å². The molecular weight excluding hydrogens is 270 g/mol. The minimum atomic E-state index is -0.563. The number of primary amides is 1. The second kappa shape index (κ2) is 4.49. The number of carbonyl (C=O) groups is 1. The Morgan fingerprint density at radius 3 is 2.56 bits per heavy atom. The van der Waals surface area contributed by atoms with E-state index in [1.165, 1.54) is 0 Å². The van der Waals surface area contributed by atoms with Crippen molar-refractivity contribution >= 4 is 21.8 Å². The van der Waals surface area contributed by atoms with E-state index < -0.39 is 11.9 Å². The smallest absolute Gasteiger partial charge is 0.246 e. The van der Waals surface area contributed by atoms with Gasteiger partial charge in [0.1, 0.15) is 0 Å². The zero-order valence-corrected chi connectivity index (χ0v) is 9.96. The Labute approximate surface area is 101 Å². The average molecular weight is 280 g/mol. The van der Waals surface area contributed by atoms with Crippen LogP contribution in [0.15, 0.2) is 47.2 Å². The second-order valence-electron chi connectivity index (χ2n) is 3.35. The third-order valence-electron chi connectivity index (χ3n) is 2.22. The summed E-state index contributed by atoms with van der Waals surface area (Å²) in [6, 6.07) is 8.76. The zero-order valence-electron chi connectivity index (χ0n) is 8.38. The van der Waals surface area contributed by atoms with Crippen LogP contribution in [0.4, 0.5) is 0 Å². The fraction of sp³-hybridized carbons (Fsp3) is 0.0909. The van der Waals surface area contributed by atoms with Crippen LogP contribution in [0, 0.1) is 0 Å². The van der Waals surface area contributed by atoms with Crippen molar-refractivity contribution in [2.45, 2.75) is 6.04 Å². The van der Waals surface area contributed by atoms with Gasteiger partial charge in [0.25, 0.3) is 0 Å². The Morgan fingerprint density at radius 2 is 2.06 bits per heavy atom. The summed E-state index contributed by atoms with van der Waals surface area (Å²) in [6.07, 6.45) is 3.35. The van der Waals surface area contributed by atoms with Crippen LogP contribution in [-0.2, 0) is 4.79 Å². The van der Waals surface area contributed by atoms with Gasteiger partial charge in [0.15, 0.2) is 6.04 Å². The molecule has 0 bridgehead atoms. The molecule has 1 unspecified atom stereocenters. The lowest BCUT2D eigenvalue weighted by Crippen LogP contribution is -2.27. The average Bonchev–Trinajstić information content (AvgIpc) is 2.66. The van der Waals surface area contributed by atoms with E-state index in [4.69, 9.17) is 5.73 Å². The van der Waals surface area contributed by atoms with Gasteiger partial charge >= 0.3 is 0 Å². The van der Waals surface area contributed by atoms with E-state index in [1.54, 1.807) is 17.1 Å². The maximum absolute atomic E-state index is 11.5. The fourth-order valence-electron chi connectivity index (χ4n) is 1.54. The summed E-state index contributed by atoms with van der Waals surface area (Å²) in [5.74, 6) is -0.429. The van der Waals surface area contributed by atoms with E-state index in [9.17, 15) is 4.79 Å². The van der Waals surface area contributed by atoms with Crippen molar-refractivity contribution in [3.05, 3.63) is 52.8 Å². The molecule has 2 N–H and O–H groups in total. The van der Waals surface area contributed by atoms with Gasteiger partial charge in [0.2, 0.25) is 5.91 Å². The van der Waals surface area contributed by atoms with Crippen LogP contribution in [0.2, 0.25) is 0 Å². The molecular formula is C11H10BrN3O. The molecule has 0 aliphatic rings. The number of hydrogen-bond donors (Lipinski definition) is 1. The summed E-state index contributed by atoms with van der Waals surface area (Å²) in [4.78, 5) is 11.5. The first-order valence-corrected chi connectivity index (χ1v) is 5.51. The molecule has 1 atom stereocenters. The van der Waals surface area contributed by atoms with Crippen LogP contribution < -0.4 is 5.73 Å². The van der Waals surface area contributed by atoms with Crippen LogP contribution in [0.1, 0.15) is 11.6 Å². The summed E-state index contributed by atoms with van der Waals surface area (Å²) >= 11 is 3.29. The van der Waals surface area contributed by atoms with Gasteiger partial charge in [-0.25, -0.2) is 0 Å². The maximum Gasteiger partial charge on any atom is 0.246 e. The van der Waals surface area contributed by atoms with Gasteiger partial charge in [-0.15, -0.1) is 0 Å². The predicted molar refractivity (Wildman–Crippen MR) is 63.7 cm³/mol. The number of rotatable bonds is 3. The molecule has 82 valence electrons. The molecule has 2 rings (SSSR count). The molecule has 5 heteroatoms. The second-order valence-corrected chi connectivity index (χ2v) is 4.27. The van der Waals surface area contributed by atoms with Crippen LogP contribution in [-0.4, -0.2) is 15.7 Å². The van der Waals surface area contributed by atoms with Crippen molar-refractivity contribution in [2.24, 2.45) is 5.73 Å². The molecule has 0 saturated carbocycles. The monoisotopic (exact) mass is 279 g/mol.